The van der Waals surface area contributed by atoms with E-state index in [1.807, 2.05) is 13.8 Å². The Bertz CT molecular complexity index is 1450. The Labute approximate surface area is 218 Å². The molecule has 0 spiro atoms. The number of benzene rings is 1. The van der Waals surface area contributed by atoms with Crippen molar-refractivity contribution in [1.82, 2.24) is 14.1 Å². The predicted molar refractivity (Wildman–Crippen MR) is 128 cm³/mol. The van der Waals surface area contributed by atoms with Crippen LogP contribution in [-0.4, -0.2) is 32.8 Å². The van der Waals surface area contributed by atoms with Gasteiger partial charge in [-0.25, -0.2) is 23.5 Å². The lowest BCUT2D eigenvalue weighted by Crippen LogP contribution is -2.41. The van der Waals surface area contributed by atoms with Crippen LogP contribution in [0.2, 0.25) is 5.02 Å². The zero-order valence-corrected chi connectivity index (χ0v) is 21.1. The Hall–Kier alpha value is -3.87. The standard InChI is InChI=1S/C24H22ClF4N3O6/c1-4-13(5-2)37-21(34)12-36-22-17(7-6-8-30-22)38-18-10-16(15(26)9-14(18)25)32-20(33)11-19(24(27,28)29)31(3)23(32)35/h6-11,13H,4-5,12H2,1-3H3. The molecule has 0 saturated carbocycles. The van der Waals surface area contributed by atoms with Crippen molar-refractivity contribution in [3.8, 4) is 23.1 Å². The number of carbonyl (C=O) groups excluding carboxylic acids is 1. The molecule has 204 valence electrons. The zero-order valence-electron chi connectivity index (χ0n) is 20.3. The Kier molecular flexibility index (Phi) is 8.82. The highest BCUT2D eigenvalue weighted by Crippen LogP contribution is 2.36. The van der Waals surface area contributed by atoms with Crippen LogP contribution < -0.4 is 20.7 Å². The van der Waals surface area contributed by atoms with Crippen LogP contribution >= 0.6 is 11.6 Å². The zero-order chi connectivity index (χ0) is 28.2. The van der Waals surface area contributed by atoms with Crippen molar-refractivity contribution in [1.29, 1.82) is 0 Å². The fraction of sp³-hybridized carbons (Fsp3) is 0.333. The van der Waals surface area contributed by atoms with Crippen LogP contribution in [0.5, 0.6) is 17.4 Å². The highest BCUT2D eigenvalue weighted by Gasteiger charge is 2.35. The van der Waals surface area contributed by atoms with Gasteiger partial charge in [0.05, 0.1) is 10.7 Å². The first-order valence-electron chi connectivity index (χ1n) is 11.2. The van der Waals surface area contributed by atoms with E-state index in [-0.39, 0.29) is 43.7 Å². The molecule has 0 bridgehead atoms. The molecular formula is C24H22ClF4N3O6. The molecule has 3 aromatic rings. The lowest BCUT2D eigenvalue weighted by atomic mass is 10.2. The van der Waals surface area contributed by atoms with Gasteiger partial charge in [0.2, 0.25) is 0 Å². The highest BCUT2D eigenvalue weighted by atomic mass is 35.5. The first-order chi connectivity index (χ1) is 17.9. The topological polar surface area (TPSA) is 102 Å². The van der Waals surface area contributed by atoms with E-state index in [0.29, 0.717) is 12.8 Å². The first-order valence-corrected chi connectivity index (χ1v) is 11.6. The monoisotopic (exact) mass is 559 g/mol. The molecule has 14 heteroatoms. The summed E-state index contributed by atoms with van der Waals surface area (Å²) < 4.78 is 71.0. The lowest BCUT2D eigenvalue weighted by molar-refractivity contribution is -0.151. The highest BCUT2D eigenvalue weighted by molar-refractivity contribution is 6.32. The van der Waals surface area contributed by atoms with E-state index in [9.17, 15) is 31.9 Å². The molecule has 2 aromatic heterocycles. The molecule has 9 nitrogen and oxygen atoms in total. The van der Waals surface area contributed by atoms with E-state index >= 15 is 0 Å². The molecule has 0 radical (unpaired) electrons. The van der Waals surface area contributed by atoms with E-state index in [1.165, 1.54) is 18.3 Å². The second-order valence-electron chi connectivity index (χ2n) is 7.90. The fourth-order valence-electron chi connectivity index (χ4n) is 3.37. The summed E-state index contributed by atoms with van der Waals surface area (Å²) in [6.07, 6.45) is -2.68. The maximum Gasteiger partial charge on any atom is 0.431 e. The lowest BCUT2D eigenvalue weighted by Gasteiger charge is -2.16. The van der Waals surface area contributed by atoms with Crippen LogP contribution in [-0.2, 0) is 22.8 Å². The van der Waals surface area contributed by atoms with Gasteiger partial charge < -0.3 is 14.2 Å². The van der Waals surface area contributed by atoms with Crippen LogP contribution in [0, 0.1) is 5.82 Å². The van der Waals surface area contributed by atoms with E-state index in [0.717, 1.165) is 19.2 Å². The molecule has 0 fully saturated rings. The van der Waals surface area contributed by atoms with Gasteiger partial charge in [0, 0.05) is 25.4 Å². The first kappa shape index (κ1) is 28.7. The quantitative estimate of drug-likeness (QED) is 0.278. The van der Waals surface area contributed by atoms with Gasteiger partial charge in [-0.1, -0.05) is 25.4 Å². The van der Waals surface area contributed by atoms with Crippen molar-refractivity contribution in [2.75, 3.05) is 6.61 Å². The summed E-state index contributed by atoms with van der Waals surface area (Å²) in [5.41, 5.74) is -5.08. The number of alkyl halides is 3. The third-order valence-electron chi connectivity index (χ3n) is 5.34. The fourth-order valence-corrected chi connectivity index (χ4v) is 3.56. The van der Waals surface area contributed by atoms with Crippen molar-refractivity contribution in [3.63, 3.8) is 0 Å². The molecule has 0 amide bonds. The summed E-state index contributed by atoms with van der Waals surface area (Å²) in [6.45, 7) is 3.23. The average Bonchev–Trinajstić information content (AvgIpc) is 2.86. The molecule has 0 aliphatic heterocycles. The Morgan fingerprint density at radius 2 is 1.82 bits per heavy atom. The maximum absolute atomic E-state index is 14.8. The number of halogens is 5. The largest absolute Gasteiger partial charge is 0.463 e. The minimum atomic E-state index is -4.99. The number of pyridine rings is 1. The summed E-state index contributed by atoms with van der Waals surface area (Å²) in [5, 5.41) is -0.300. The summed E-state index contributed by atoms with van der Waals surface area (Å²) in [7, 11) is 0.791. The SMILES string of the molecule is CCC(CC)OC(=O)COc1ncccc1Oc1cc(-n2c(=O)cc(C(F)(F)F)n(C)c2=O)c(F)cc1Cl. The molecule has 0 saturated heterocycles. The number of esters is 1. The Morgan fingerprint density at radius 3 is 2.45 bits per heavy atom. The number of hydrogen-bond donors (Lipinski definition) is 0. The van der Waals surface area contributed by atoms with Crippen molar-refractivity contribution in [3.05, 3.63) is 73.9 Å². The smallest absolute Gasteiger partial charge is 0.431 e. The normalized spacial score (nSPS) is 11.5. The van der Waals surface area contributed by atoms with Gasteiger partial charge in [-0.2, -0.15) is 13.2 Å². The Morgan fingerprint density at radius 1 is 1.13 bits per heavy atom. The van der Waals surface area contributed by atoms with Gasteiger partial charge in [0.1, 0.15) is 23.4 Å². The van der Waals surface area contributed by atoms with Gasteiger partial charge >= 0.3 is 17.8 Å². The number of rotatable bonds is 9. The van der Waals surface area contributed by atoms with Crippen LogP contribution in [0.4, 0.5) is 17.6 Å². The molecule has 0 aliphatic carbocycles. The molecule has 2 heterocycles. The Balaban J connectivity index is 1.96. The van der Waals surface area contributed by atoms with Crippen molar-refractivity contribution >= 4 is 17.6 Å². The summed E-state index contributed by atoms with van der Waals surface area (Å²) in [6, 6.07) is 4.60. The minimum absolute atomic E-state index is 0.0741. The third-order valence-corrected chi connectivity index (χ3v) is 5.64. The molecular weight excluding hydrogens is 538 g/mol. The van der Waals surface area contributed by atoms with Crippen molar-refractivity contribution < 1.29 is 36.6 Å². The summed E-state index contributed by atoms with van der Waals surface area (Å²) in [4.78, 5) is 41.1. The average molecular weight is 560 g/mol. The second-order valence-corrected chi connectivity index (χ2v) is 8.31. The number of ether oxygens (including phenoxy) is 3. The van der Waals surface area contributed by atoms with Gasteiger partial charge in [-0.15, -0.1) is 0 Å². The molecule has 0 aliphatic rings. The molecule has 0 N–H and O–H groups in total. The predicted octanol–water partition coefficient (Wildman–Crippen LogP) is 4.65. The van der Waals surface area contributed by atoms with E-state index in [4.69, 9.17) is 25.8 Å². The van der Waals surface area contributed by atoms with Crippen molar-refractivity contribution in [2.45, 2.75) is 39.0 Å². The van der Waals surface area contributed by atoms with E-state index in [1.54, 1.807) is 0 Å². The molecule has 0 atom stereocenters. The van der Waals surface area contributed by atoms with Crippen LogP contribution in [0.25, 0.3) is 5.69 Å². The van der Waals surface area contributed by atoms with E-state index in [2.05, 4.69) is 4.98 Å². The number of carbonyl (C=O) groups is 1. The second kappa shape index (κ2) is 11.7. The van der Waals surface area contributed by atoms with Crippen molar-refractivity contribution in [2.24, 2.45) is 7.05 Å². The van der Waals surface area contributed by atoms with Gasteiger partial charge in [-0.05, 0) is 31.0 Å². The maximum atomic E-state index is 14.8. The number of hydrogen-bond acceptors (Lipinski definition) is 7. The minimum Gasteiger partial charge on any atom is -0.463 e. The molecule has 0 unspecified atom stereocenters. The third kappa shape index (κ3) is 6.33. The van der Waals surface area contributed by atoms with Crippen LogP contribution in [0.15, 0.2) is 46.1 Å². The van der Waals surface area contributed by atoms with E-state index < -0.39 is 47.2 Å². The van der Waals surface area contributed by atoms with Crippen LogP contribution in [0.3, 0.4) is 0 Å². The molecule has 3 rings (SSSR count). The van der Waals surface area contributed by atoms with Gasteiger partial charge in [-0.3, -0.25) is 9.36 Å². The van der Waals surface area contributed by atoms with Gasteiger partial charge in [0.25, 0.3) is 11.4 Å². The summed E-state index contributed by atoms with van der Waals surface area (Å²) in [5.74, 6) is -2.33. The molecule has 1 aromatic carbocycles. The van der Waals surface area contributed by atoms with Gasteiger partial charge in [0.15, 0.2) is 12.4 Å². The molecule has 38 heavy (non-hydrogen) atoms. The number of nitrogens with zero attached hydrogens (tertiary/aromatic N) is 3. The number of aromatic nitrogens is 3. The summed E-state index contributed by atoms with van der Waals surface area (Å²) >= 11 is 6.08. The van der Waals surface area contributed by atoms with Crippen LogP contribution in [0.1, 0.15) is 32.4 Å².